The lowest BCUT2D eigenvalue weighted by molar-refractivity contribution is 0.577. The third kappa shape index (κ3) is 4.32. The molecule has 3 N–H and O–H groups in total. The van der Waals surface area contributed by atoms with Crippen molar-refractivity contribution in [2.45, 2.75) is 25.5 Å². The largest absolute Gasteiger partial charge is 0.337 e. The van der Waals surface area contributed by atoms with Crippen LogP contribution in [0.3, 0.4) is 0 Å². The van der Waals surface area contributed by atoms with Gasteiger partial charge in [-0.05, 0) is 44.7 Å². The highest BCUT2D eigenvalue weighted by Crippen LogP contribution is 2.36. The third-order valence-corrected chi connectivity index (χ3v) is 8.24. The SMILES string of the molecule is CC(C)S(=O)(=O)n1c(CCN)nc2ccc(-c3nc(-c4c(F)cccc4F)[nH]c3-c3ccccc3)cc21. The van der Waals surface area contributed by atoms with E-state index in [1.807, 2.05) is 30.3 Å². The van der Waals surface area contributed by atoms with Crippen LogP contribution < -0.4 is 5.73 Å². The average molecular weight is 522 g/mol. The number of H-pyrrole nitrogens is 1. The summed E-state index contributed by atoms with van der Waals surface area (Å²) in [6.07, 6.45) is 0.282. The van der Waals surface area contributed by atoms with Crippen molar-refractivity contribution in [1.82, 2.24) is 18.9 Å². The molecule has 0 unspecified atom stereocenters. The molecule has 37 heavy (non-hydrogen) atoms. The molecular formula is C27H25F2N5O2S. The Hall–Kier alpha value is -3.89. The highest BCUT2D eigenvalue weighted by Gasteiger charge is 2.26. The molecule has 2 aromatic heterocycles. The Balaban J connectivity index is 1.78. The van der Waals surface area contributed by atoms with Gasteiger partial charge in [0.1, 0.15) is 23.3 Å². The Bertz CT molecular complexity index is 1690. The fourth-order valence-electron chi connectivity index (χ4n) is 4.27. The van der Waals surface area contributed by atoms with E-state index in [2.05, 4.69) is 15.0 Å². The molecule has 0 aliphatic rings. The van der Waals surface area contributed by atoms with Gasteiger partial charge in [-0.2, -0.15) is 0 Å². The lowest BCUT2D eigenvalue weighted by atomic mass is 10.0. The Kier molecular flexibility index (Phi) is 6.38. The quantitative estimate of drug-likeness (QED) is 0.309. The molecule has 0 radical (unpaired) electrons. The molecular weight excluding hydrogens is 496 g/mol. The Morgan fingerprint density at radius 1 is 0.946 bits per heavy atom. The van der Waals surface area contributed by atoms with E-state index in [0.717, 1.165) is 5.56 Å². The highest BCUT2D eigenvalue weighted by molar-refractivity contribution is 7.90. The number of aromatic nitrogens is 4. The van der Waals surface area contributed by atoms with Crippen molar-refractivity contribution < 1.29 is 17.2 Å². The molecule has 7 nitrogen and oxygen atoms in total. The van der Waals surface area contributed by atoms with Crippen molar-refractivity contribution in [3.05, 3.63) is 84.2 Å². The van der Waals surface area contributed by atoms with E-state index < -0.39 is 26.9 Å². The predicted molar refractivity (Wildman–Crippen MR) is 140 cm³/mol. The van der Waals surface area contributed by atoms with Crippen molar-refractivity contribution >= 4 is 21.1 Å². The molecule has 0 spiro atoms. The minimum absolute atomic E-state index is 0.0247. The summed E-state index contributed by atoms with van der Waals surface area (Å²) in [5.74, 6) is -1.12. The van der Waals surface area contributed by atoms with Crippen molar-refractivity contribution in [3.63, 3.8) is 0 Å². The molecule has 0 bridgehead atoms. The summed E-state index contributed by atoms with van der Waals surface area (Å²) in [5.41, 5.74) is 8.61. The van der Waals surface area contributed by atoms with Gasteiger partial charge in [0.2, 0.25) is 10.0 Å². The topological polar surface area (TPSA) is 107 Å². The van der Waals surface area contributed by atoms with E-state index in [0.29, 0.717) is 33.8 Å². The van der Waals surface area contributed by atoms with Crippen LogP contribution in [-0.4, -0.2) is 39.1 Å². The predicted octanol–water partition coefficient (Wildman–Crippen LogP) is 5.13. The van der Waals surface area contributed by atoms with Gasteiger partial charge in [-0.3, -0.25) is 0 Å². The average Bonchev–Trinajstić information content (AvgIpc) is 3.46. The van der Waals surface area contributed by atoms with E-state index in [4.69, 9.17) is 5.73 Å². The first-order valence-electron chi connectivity index (χ1n) is 11.8. The summed E-state index contributed by atoms with van der Waals surface area (Å²) in [7, 11) is -3.75. The van der Waals surface area contributed by atoms with Gasteiger partial charge in [-0.15, -0.1) is 0 Å². The second kappa shape index (κ2) is 9.53. The van der Waals surface area contributed by atoms with Crippen LogP contribution in [0.1, 0.15) is 19.7 Å². The van der Waals surface area contributed by atoms with Gasteiger partial charge in [-0.25, -0.2) is 31.1 Å². The van der Waals surface area contributed by atoms with Crippen molar-refractivity contribution in [3.8, 4) is 33.9 Å². The summed E-state index contributed by atoms with van der Waals surface area (Å²) in [5, 5.41) is -0.689. The number of nitrogens with one attached hydrogen (secondary N) is 1. The van der Waals surface area contributed by atoms with Crippen LogP contribution in [0.25, 0.3) is 44.9 Å². The first kappa shape index (κ1) is 24.8. The van der Waals surface area contributed by atoms with E-state index in [1.54, 1.807) is 32.0 Å². The number of rotatable bonds is 7. The number of hydrogen-bond donors (Lipinski definition) is 2. The minimum atomic E-state index is -3.75. The molecule has 10 heteroatoms. The van der Waals surface area contributed by atoms with Gasteiger partial charge < -0.3 is 10.7 Å². The second-order valence-electron chi connectivity index (χ2n) is 8.90. The van der Waals surface area contributed by atoms with E-state index in [-0.39, 0.29) is 24.4 Å². The Labute approximate surface area is 213 Å². The lowest BCUT2D eigenvalue weighted by Gasteiger charge is -2.13. The number of imidazole rings is 2. The second-order valence-corrected chi connectivity index (χ2v) is 11.2. The normalized spacial score (nSPS) is 12.1. The van der Waals surface area contributed by atoms with Gasteiger partial charge in [0.15, 0.2) is 0 Å². The number of aromatic amines is 1. The summed E-state index contributed by atoms with van der Waals surface area (Å²) < 4.78 is 57.1. The van der Waals surface area contributed by atoms with Gasteiger partial charge in [-0.1, -0.05) is 42.5 Å². The van der Waals surface area contributed by atoms with Crippen molar-refractivity contribution in [2.24, 2.45) is 5.73 Å². The monoisotopic (exact) mass is 521 g/mol. The highest BCUT2D eigenvalue weighted by atomic mass is 32.2. The van der Waals surface area contributed by atoms with Crippen LogP contribution in [0.2, 0.25) is 0 Å². The van der Waals surface area contributed by atoms with E-state index in [9.17, 15) is 17.2 Å². The lowest BCUT2D eigenvalue weighted by Crippen LogP contribution is -2.25. The fourth-order valence-corrected chi connectivity index (χ4v) is 5.54. The molecule has 0 aliphatic heterocycles. The molecule has 5 aromatic rings. The van der Waals surface area contributed by atoms with Crippen LogP contribution >= 0.6 is 0 Å². The zero-order chi connectivity index (χ0) is 26.3. The third-order valence-electron chi connectivity index (χ3n) is 6.14. The Morgan fingerprint density at radius 3 is 2.30 bits per heavy atom. The minimum Gasteiger partial charge on any atom is -0.337 e. The van der Waals surface area contributed by atoms with Gasteiger partial charge >= 0.3 is 0 Å². The molecule has 3 aromatic carbocycles. The maximum Gasteiger partial charge on any atom is 0.242 e. The number of benzene rings is 3. The van der Waals surface area contributed by atoms with Gasteiger partial charge in [0.05, 0.1) is 33.2 Å². The maximum atomic E-state index is 14.6. The molecule has 0 saturated carbocycles. The first-order valence-corrected chi connectivity index (χ1v) is 13.3. The number of fused-ring (bicyclic) bond motifs is 1. The van der Waals surface area contributed by atoms with E-state index >= 15 is 0 Å². The molecule has 0 saturated heterocycles. The van der Waals surface area contributed by atoms with Crippen LogP contribution in [0, 0.1) is 11.6 Å². The smallest absolute Gasteiger partial charge is 0.242 e. The molecule has 2 heterocycles. The first-order chi connectivity index (χ1) is 17.7. The molecule has 0 aliphatic carbocycles. The van der Waals surface area contributed by atoms with Crippen LogP contribution in [0.4, 0.5) is 8.78 Å². The summed E-state index contributed by atoms with van der Waals surface area (Å²) in [6, 6.07) is 18.0. The molecule has 0 atom stereocenters. The van der Waals surface area contributed by atoms with Crippen LogP contribution in [0.5, 0.6) is 0 Å². The summed E-state index contributed by atoms with van der Waals surface area (Å²) >= 11 is 0. The van der Waals surface area contributed by atoms with E-state index in [1.165, 1.54) is 22.2 Å². The van der Waals surface area contributed by atoms with Crippen molar-refractivity contribution in [1.29, 1.82) is 0 Å². The van der Waals surface area contributed by atoms with Crippen LogP contribution in [-0.2, 0) is 16.4 Å². The number of nitrogens with zero attached hydrogens (tertiary/aromatic N) is 3. The summed E-state index contributed by atoms with van der Waals surface area (Å²) in [4.78, 5) is 12.2. The standard InChI is InChI=1S/C27H25F2N5O2S/c1-16(2)37(35,36)34-22-15-18(11-12-21(22)31-23(34)13-14-30)26-25(17-7-4-3-5-8-17)32-27(33-26)24-19(28)9-6-10-20(24)29/h3-12,15-16H,13-14,30H2,1-2H3,(H,32,33). The molecule has 190 valence electrons. The maximum absolute atomic E-state index is 14.6. The van der Waals surface area contributed by atoms with Gasteiger partial charge in [0.25, 0.3) is 0 Å². The van der Waals surface area contributed by atoms with Gasteiger partial charge in [0, 0.05) is 17.5 Å². The molecule has 0 amide bonds. The zero-order valence-corrected chi connectivity index (χ0v) is 21.1. The molecule has 5 rings (SSSR count). The number of hydrogen-bond acceptors (Lipinski definition) is 5. The van der Waals surface area contributed by atoms with Crippen LogP contribution in [0.15, 0.2) is 66.7 Å². The number of halogens is 2. The van der Waals surface area contributed by atoms with Crippen molar-refractivity contribution in [2.75, 3.05) is 6.54 Å². The Morgan fingerprint density at radius 2 is 1.65 bits per heavy atom. The fraction of sp³-hybridized carbons (Fsp3) is 0.185. The molecule has 0 fully saturated rings. The summed E-state index contributed by atoms with van der Waals surface area (Å²) in [6.45, 7) is 3.44. The zero-order valence-electron chi connectivity index (χ0n) is 20.2. The number of nitrogens with two attached hydrogens (primary N) is 1.